The first-order valence-electron chi connectivity index (χ1n) is 10.5. The third-order valence-electron chi connectivity index (χ3n) is 5.91. The Kier molecular flexibility index (Phi) is 5.30. The summed E-state index contributed by atoms with van der Waals surface area (Å²) >= 11 is 5.92. The lowest BCUT2D eigenvalue weighted by atomic mass is 10.2. The van der Waals surface area contributed by atoms with E-state index in [1.54, 1.807) is 10.8 Å². The summed E-state index contributed by atoms with van der Waals surface area (Å²) < 4.78 is 9.85. The summed E-state index contributed by atoms with van der Waals surface area (Å²) in [7, 11) is 2.17. The Morgan fingerprint density at radius 1 is 0.968 bits per heavy atom. The fourth-order valence-electron chi connectivity index (χ4n) is 4.14. The minimum Gasteiger partial charge on any atom is -0.489 e. The van der Waals surface area contributed by atoms with Crippen molar-refractivity contribution in [2.24, 2.45) is 0 Å². The number of ether oxygens (including phenoxy) is 1. The molecule has 0 saturated carbocycles. The molecule has 0 radical (unpaired) electrons. The molecule has 0 saturated heterocycles. The SMILES string of the molecule is CN1CCc2cc3cc(-n4ccc(OCc5ccc(Cl)cc5)cc4=O)ccc3n2CC1. The highest BCUT2D eigenvalue weighted by Crippen LogP contribution is 2.25. The lowest BCUT2D eigenvalue weighted by molar-refractivity contribution is 0.305. The zero-order chi connectivity index (χ0) is 21.4. The second kappa shape index (κ2) is 8.25. The summed E-state index contributed by atoms with van der Waals surface area (Å²) in [6.07, 6.45) is 2.82. The van der Waals surface area contributed by atoms with Gasteiger partial charge in [-0.3, -0.25) is 9.36 Å². The quantitative estimate of drug-likeness (QED) is 0.475. The number of nitrogens with zero attached hydrogens (tertiary/aromatic N) is 3. The third kappa shape index (κ3) is 4.11. The maximum atomic E-state index is 12.8. The molecule has 158 valence electrons. The summed E-state index contributed by atoms with van der Waals surface area (Å²) in [5.74, 6) is 0.553. The van der Waals surface area contributed by atoms with E-state index in [9.17, 15) is 4.79 Å². The van der Waals surface area contributed by atoms with E-state index in [-0.39, 0.29) is 5.56 Å². The lowest BCUT2D eigenvalue weighted by Crippen LogP contribution is -2.21. The van der Waals surface area contributed by atoms with Crippen molar-refractivity contribution in [3.8, 4) is 11.4 Å². The predicted molar refractivity (Wildman–Crippen MR) is 125 cm³/mol. The molecule has 0 unspecified atom stereocenters. The average Bonchev–Trinajstić information content (AvgIpc) is 3.02. The van der Waals surface area contributed by atoms with Gasteiger partial charge in [0, 0.05) is 65.6 Å². The van der Waals surface area contributed by atoms with Crippen LogP contribution in [0, 0.1) is 0 Å². The Morgan fingerprint density at radius 3 is 2.61 bits per heavy atom. The van der Waals surface area contributed by atoms with Crippen LogP contribution < -0.4 is 10.3 Å². The van der Waals surface area contributed by atoms with Crippen molar-refractivity contribution in [2.75, 3.05) is 20.1 Å². The van der Waals surface area contributed by atoms with Crippen LogP contribution in [0.3, 0.4) is 0 Å². The van der Waals surface area contributed by atoms with Crippen molar-refractivity contribution in [3.05, 3.63) is 93.5 Å². The Labute approximate surface area is 186 Å². The molecule has 31 heavy (non-hydrogen) atoms. The van der Waals surface area contributed by atoms with Gasteiger partial charge < -0.3 is 14.2 Å². The number of aromatic nitrogens is 2. The molecule has 0 aliphatic carbocycles. The molecule has 0 spiro atoms. The fraction of sp³-hybridized carbons (Fsp3) is 0.240. The zero-order valence-electron chi connectivity index (χ0n) is 17.4. The van der Waals surface area contributed by atoms with Gasteiger partial charge in [0.15, 0.2) is 0 Å². The van der Waals surface area contributed by atoms with Crippen LogP contribution in [0.5, 0.6) is 5.75 Å². The van der Waals surface area contributed by atoms with Crippen LogP contribution in [0.4, 0.5) is 0 Å². The van der Waals surface area contributed by atoms with E-state index in [0.29, 0.717) is 17.4 Å². The Morgan fingerprint density at radius 2 is 1.81 bits per heavy atom. The summed E-state index contributed by atoms with van der Waals surface area (Å²) in [5, 5.41) is 1.86. The van der Waals surface area contributed by atoms with Gasteiger partial charge in [0.2, 0.25) is 0 Å². The van der Waals surface area contributed by atoms with Crippen LogP contribution >= 0.6 is 11.6 Å². The molecule has 0 atom stereocenters. The van der Waals surface area contributed by atoms with Crippen LogP contribution in [-0.2, 0) is 19.6 Å². The summed E-state index contributed by atoms with van der Waals surface area (Å²) in [5.41, 5.74) is 4.33. The number of hydrogen-bond donors (Lipinski definition) is 0. The summed E-state index contributed by atoms with van der Waals surface area (Å²) in [6, 6.07) is 19.3. The van der Waals surface area contributed by atoms with Gasteiger partial charge in [0.25, 0.3) is 5.56 Å². The molecule has 5 nitrogen and oxygen atoms in total. The minimum atomic E-state index is -0.115. The lowest BCUT2D eigenvalue weighted by Gasteiger charge is -2.12. The predicted octanol–water partition coefficient (Wildman–Crippen LogP) is 4.51. The molecule has 0 fully saturated rings. The van der Waals surface area contributed by atoms with Crippen LogP contribution in [0.2, 0.25) is 5.02 Å². The van der Waals surface area contributed by atoms with Crippen molar-refractivity contribution >= 4 is 22.5 Å². The van der Waals surface area contributed by atoms with Crippen LogP contribution in [0.15, 0.2) is 71.7 Å². The molecule has 3 heterocycles. The molecular formula is C25H24ClN3O2. The Bertz CT molecular complexity index is 1290. The number of hydrogen-bond acceptors (Lipinski definition) is 3. The third-order valence-corrected chi connectivity index (χ3v) is 6.17. The topological polar surface area (TPSA) is 39.4 Å². The Hall–Kier alpha value is -3.02. The van der Waals surface area contributed by atoms with Crippen molar-refractivity contribution in [3.63, 3.8) is 0 Å². The maximum absolute atomic E-state index is 12.8. The Balaban J connectivity index is 1.38. The molecule has 0 N–H and O–H groups in total. The van der Waals surface area contributed by atoms with Gasteiger partial charge in [-0.15, -0.1) is 0 Å². The van der Waals surface area contributed by atoms with Crippen molar-refractivity contribution in [1.29, 1.82) is 0 Å². The summed E-state index contributed by atoms with van der Waals surface area (Å²) in [4.78, 5) is 15.1. The monoisotopic (exact) mass is 433 g/mol. The largest absolute Gasteiger partial charge is 0.489 e. The number of fused-ring (bicyclic) bond motifs is 3. The van der Waals surface area contributed by atoms with E-state index in [2.05, 4.69) is 34.7 Å². The van der Waals surface area contributed by atoms with E-state index in [4.69, 9.17) is 16.3 Å². The maximum Gasteiger partial charge on any atom is 0.258 e. The van der Waals surface area contributed by atoms with E-state index in [1.807, 2.05) is 36.4 Å². The van der Waals surface area contributed by atoms with E-state index in [1.165, 1.54) is 22.7 Å². The number of rotatable bonds is 4. The first-order chi connectivity index (χ1) is 15.1. The molecule has 2 aromatic heterocycles. The molecular weight excluding hydrogens is 410 g/mol. The highest BCUT2D eigenvalue weighted by molar-refractivity contribution is 6.30. The van der Waals surface area contributed by atoms with Gasteiger partial charge in [-0.1, -0.05) is 23.7 Å². The number of halogens is 1. The van der Waals surface area contributed by atoms with Gasteiger partial charge in [-0.25, -0.2) is 0 Å². The van der Waals surface area contributed by atoms with Crippen molar-refractivity contribution in [1.82, 2.24) is 14.0 Å². The highest BCUT2D eigenvalue weighted by Gasteiger charge is 2.15. The molecule has 6 heteroatoms. The summed E-state index contributed by atoms with van der Waals surface area (Å²) in [6.45, 7) is 3.50. The smallest absolute Gasteiger partial charge is 0.258 e. The van der Waals surface area contributed by atoms with Crippen molar-refractivity contribution in [2.45, 2.75) is 19.6 Å². The second-order valence-electron chi connectivity index (χ2n) is 8.07. The van der Waals surface area contributed by atoms with E-state index >= 15 is 0 Å². The number of pyridine rings is 1. The number of likely N-dealkylation sites (N-methyl/N-ethyl adjacent to an activating group) is 1. The van der Waals surface area contributed by atoms with E-state index in [0.717, 1.165) is 37.3 Å². The first-order valence-corrected chi connectivity index (χ1v) is 10.9. The standard InChI is InChI=1S/C25H24ClN3O2/c1-27-10-8-22-15-19-14-21(6-7-24(19)28(22)13-12-27)29-11-9-23(16-25(29)30)31-17-18-2-4-20(26)5-3-18/h2-7,9,11,14-16H,8,10,12-13,17H2,1H3. The van der Waals surface area contributed by atoms with Gasteiger partial charge >= 0.3 is 0 Å². The van der Waals surface area contributed by atoms with Gasteiger partial charge in [-0.2, -0.15) is 0 Å². The minimum absolute atomic E-state index is 0.115. The fourth-order valence-corrected chi connectivity index (χ4v) is 4.26. The zero-order valence-corrected chi connectivity index (χ0v) is 18.2. The van der Waals surface area contributed by atoms with Crippen LogP contribution in [0.1, 0.15) is 11.3 Å². The molecule has 4 aromatic rings. The van der Waals surface area contributed by atoms with Crippen LogP contribution in [-0.4, -0.2) is 34.2 Å². The van der Waals surface area contributed by atoms with Gasteiger partial charge in [-0.05, 0) is 55.1 Å². The molecule has 1 aliphatic rings. The molecule has 2 aromatic carbocycles. The first kappa shape index (κ1) is 19.9. The normalized spacial score (nSPS) is 14.4. The van der Waals surface area contributed by atoms with Gasteiger partial charge in [0.05, 0.1) is 0 Å². The molecule has 0 amide bonds. The molecule has 1 aliphatic heterocycles. The average molecular weight is 434 g/mol. The highest BCUT2D eigenvalue weighted by atomic mass is 35.5. The van der Waals surface area contributed by atoms with Gasteiger partial charge in [0.1, 0.15) is 12.4 Å². The molecule has 5 rings (SSSR count). The van der Waals surface area contributed by atoms with Crippen LogP contribution in [0.25, 0.3) is 16.6 Å². The second-order valence-corrected chi connectivity index (χ2v) is 8.51. The van der Waals surface area contributed by atoms with Crippen molar-refractivity contribution < 1.29 is 4.74 Å². The van der Waals surface area contributed by atoms with E-state index < -0.39 is 0 Å². The number of benzene rings is 2. The molecule has 0 bridgehead atoms.